The Labute approximate surface area is 152 Å². The molecule has 8 nitrogen and oxygen atoms in total. The summed E-state index contributed by atoms with van der Waals surface area (Å²) in [5.74, 6) is 0.406. The molecule has 0 fully saturated rings. The Morgan fingerprint density at radius 2 is 2.27 bits per heavy atom. The van der Waals surface area contributed by atoms with Crippen LogP contribution >= 0.6 is 11.6 Å². The lowest BCUT2D eigenvalue weighted by atomic mass is 10.0. The molecule has 0 unspecified atom stereocenters. The quantitative estimate of drug-likeness (QED) is 0.566. The van der Waals surface area contributed by atoms with Crippen LogP contribution in [0.2, 0.25) is 5.02 Å². The van der Waals surface area contributed by atoms with Crippen molar-refractivity contribution in [1.29, 1.82) is 0 Å². The number of benzene rings is 1. The van der Waals surface area contributed by atoms with Gasteiger partial charge in [0.25, 0.3) is 5.91 Å². The Morgan fingerprint density at radius 1 is 1.35 bits per heavy atom. The molecule has 0 aliphatic carbocycles. The third-order valence-corrected chi connectivity index (χ3v) is 4.80. The van der Waals surface area contributed by atoms with Crippen LogP contribution < -0.4 is 0 Å². The highest BCUT2D eigenvalue weighted by molar-refractivity contribution is 6.31. The van der Waals surface area contributed by atoms with E-state index in [-0.39, 0.29) is 11.6 Å². The normalized spacial score (nSPS) is 16.8. The molecule has 1 aliphatic rings. The van der Waals surface area contributed by atoms with E-state index >= 15 is 0 Å². The van der Waals surface area contributed by atoms with Crippen LogP contribution in [0, 0.1) is 0 Å². The predicted molar refractivity (Wildman–Crippen MR) is 92.8 cm³/mol. The van der Waals surface area contributed by atoms with Crippen molar-refractivity contribution in [1.82, 2.24) is 30.0 Å². The first kappa shape index (κ1) is 15.2. The highest BCUT2D eigenvalue weighted by atomic mass is 35.5. The Kier molecular flexibility index (Phi) is 3.32. The maximum atomic E-state index is 12.9. The van der Waals surface area contributed by atoms with Gasteiger partial charge in [-0.1, -0.05) is 16.8 Å². The summed E-state index contributed by atoms with van der Waals surface area (Å²) in [7, 11) is 0. The monoisotopic (exact) mass is 368 g/mol. The fourth-order valence-electron chi connectivity index (χ4n) is 3.37. The largest absolute Gasteiger partial charge is 0.364 e. The Hall–Kier alpha value is -3.13. The molecule has 26 heavy (non-hydrogen) atoms. The van der Waals surface area contributed by atoms with Crippen molar-refractivity contribution in [3.8, 4) is 0 Å². The minimum Gasteiger partial charge on any atom is -0.364 e. The fraction of sp³-hybridized carbons (Fsp3) is 0.176. The van der Waals surface area contributed by atoms with E-state index in [0.717, 1.165) is 22.4 Å². The van der Waals surface area contributed by atoms with Crippen molar-refractivity contribution in [2.24, 2.45) is 0 Å². The summed E-state index contributed by atoms with van der Waals surface area (Å²) >= 11 is 6.08. The molecule has 0 radical (unpaired) electrons. The summed E-state index contributed by atoms with van der Waals surface area (Å²) in [6.07, 6.45) is 3.71. The third kappa shape index (κ3) is 2.30. The molecule has 4 aromatic rings. The number of fused-ring (bicyclic) bond motifs is 2. The van der Waals surface area contributed by atoms with Gasteiger partial charge in [0.2, 0.25) is 0 Å². The lowest BCUT2D eigenvalue weighted by Crippen LogP contribution is -2.41. The van der Waals surface area contributed by atoms with Crippen molar-refractivity contribution in [3.05, 3.63) is 64.8 Å². The Bertz CT molecular complexity index is 1100. The highest BCUT2D eigenvalue weighted by Crippen LogP contribution is 2.34. The smallest absolute Gasteiger partial charge is 0.276 e. The fourth-order valence-corrected chi connectivity index (χ4v) is 3.55. The van der Waals surface area contributed by atoms with Gasteiger partial charge in [0, 0.05) is 29.7 Å². The van der Waals surface area contributed by atoms with Gasteiger partial charge < -0.3 is 19.4 Å². The van der Waals surface area contributed by atoms with Crippen LogP contribution in [0.5, 0.6) is 0 Å². The molecule has 1 atom stereocenters. The average Bonchev–Trinajstić information content (AvgIpc) is 3.38. The van der Waals surface area contributed by atoms with Crippen molar-refractivity contribution in [2.45, 2.75) is 12.5 Å². The number of halogens is 1. The van der Waals surface area contributed by atoms with Crippen LogP contribution in [0.1, 0.15) is 33.7 Å². The molecule has 0 bridgehead atoms. The Balaban J connectivity index is 1.64. The molecule has 4 heterocycles. The van der Waals surface area contributed by atoms with Crippen LogP contribution in [0.4, 0.5) is 0 Å². The van der Waals surface area contributed by atoms with Crippen LogP contribution in [0.3, 0.4) is 0 Å². The molecule has 1 aromatic carbocycles. The summed E-state index contributed by atoms with van der Waals surface area (Å²) in [5.41, 5.74) is 3.62. The molecule has 1 amide bonds. The molecule has 0 spiro atoms. The molecule has 3 aromatic heterocycles. The van der Waals surface area contributed by atoms with Gasteiger partial charge in [-0.25, -0.2) is 9.97 Å². The SMILES string of the molecule is O=C(c1ccon1)N1CCc2[nH]cnc2[C@H]1c1nc2ccc(Cl)cc2[nH]1. The van der Waals surface area contributed by atoms with Gasteiger partial charge in [-0.2, -0.15) is 0 Å². The van der Waals surface area contributed by atoms with E-state index in [0.29, 0.717) is 23.8 Å². The second-order valence-electron chi connectivity index (χ2n) is 6.09. The van der Waals surface area contributed by atoms with Crippen LogP contribution in [-0.4, -0.2) is 42.4 Å². The number of aromatic nitrogens is 5. The molecule has 0 saturated carbocycles. The zero-order valence-corrected chi connectivity index (χ0v) is 14.2. The van der Waals surface area contributed by atoms with Crippen LogP contribution in [0.25, 0.3) is 11.0 Å². The topological polar surface area (TPSA) is 104 Å². The van der Waals surface area contributed by atoms with E-state index < -0.39 is 6.04 Å². The lowest BCUT2D eigenvalue weighted by molar-refractivity contribution is 0.0673. The molecular formula is C17H13ClN6O2. The number of carbonyl (C=O) groups excluding carboxylic acids is 1. The first-order valence-electron chi connectivity index (χ1n) is 8.09. The van der Waals surface area contributed by atoms with Crippen molar-refractivity contribution in [3.63, 3.8) is 0 Å². The molecule has 9 heteroatoms. The number of aromatic amines is 2. The van der Waals surface area contributed by atoms with E-state index in [9.17, 15) is 4.79 Å². The van der Waals surface area contributed by atoms with Gasteiger partial charge in [-0.3, -0.25) is 4.79 Å². The summed E-state index contributed by atoms with van der Waals surface area (Å²) in [4.78, 5) is 30.2. The van der Waals surface area contributed by atoms with Gasteiger partial charge in [-0.15, -0.1) is 0 Å². The number of imidazole rings is 2. The number of carbonyl (C=O) groups is 1. The van der Waals surface area contributed by atoms with E-state index in [4.69, 9.17) is 16.1 Å². The van der Waals surface area contributed by atoms with Crippen molar-refractivity contribution >= 4 is 28.5 Å². The first-order valence-corrected chi connectivity index (χ1v) is 8.47. The van der Waals surface area contributed by atoms with E-state index in [1.807, 2.05) is 12.1 Å². The summed E-state index contributed by atoms with van der Waals surface area (Å²) in [6, 6.07) is 6.55. The van der Waals surface area contributed by atoms with Gasteiger partial charge in [0.1, 0.15) is 18.1 Å². The zero-order valence-electron chi connectivity index (χ0n) is 13.4. The first-order chi connectivity index (χ1) is 12.7. The average molecular weight is 369 g/mol. The molecule has 2 N–H and O–H groups in total. The molecule has 0 saturated heterocycles. The maximum Gasteiger partial charge on any atom is 0.276 e. The molecule has 1 aliphatic heterocycles. The summed E-state index contributed by atoms with van der Waals surface area (Å²) < 4.78 is 4.83. The minimum atomic E-state index is -0.444. The number of nitrogens with zero attached hydrogens (tertiary/aromatic N) is 4. The van der Waals surface area contributed by atoms with Gasteiger partial charge in [0.15, 0.2) is 5.69 Å². The van der Waals surface area contributed by atoms with E-state index in [2.05, 4.69) is 25.1 Å². The van der Waals surface area contributed by atoms with Crippen molar-refractivity contribution < 1.29 is 9.32 Å². The zero-order chi connectivity index (χ0) is 17.7. The highest BCUT2D eigenvalue weighted by Gasteiger charge is 2.37. The molecule has 5 rings (SSSR count). The maximum absolute atomic E-state index is 12.9. The third-order valence-electron chi connectivity index (χ3n) is 4.56. The van der Waals surface area contributed by atoms with E-state index in [1.54, 1.807) is 23.4 Å². The summed E-state index contributed by atoms with van der Waals surface area (Å²) in [5, 5.41) is 4.39. The number of amides is 1. The molecular weight excluding hydrogens is 356 g/mol. The number of H-pyrrole nitrogens is 2. The second kappa shape index (κ2) is 5.70. The summed E-state index contributed by atoms with van der Waals surface area (Å²) in [6.45, 7) is 0.517. The second-order valence-corrected chi connectivity index (χ2v) is 6.52. The van der Waals surface area contributed by atoms with Crippen LogP contribution in [0.15, 0.2) is 41.4 Å². The molecule has 130 valence electrons. The lowest BCUT2D eigenvalue weighted by Gasteiger charge is -2.33. The van der Waals surface area contributed by atoms with Gasteiger partial charge in [0.05, 0.1) is 23.1 Å². The van der Waals surface area contributed by atoms with Crippen LogP contribution in [-0.2, 0) is 6.42 Å². The standard InChI is InChI=1S/C17H13ClN6O2/c18-9-1-2-10-13(7-9)22-16(21-10)15-14-11(19-8-20-14)3-5-24(15)17(25)12-4-6-26-23-12/h1-2,4,6-8,15H,3,5H2,(H,19,20)(H,21,22)/t15-/m0/s1. The van der Waals surface area contributed by atoms with E-state index in [1.165, 1.54) is 6.26 Å². The van der Waals surface area contributed by atoms with Gasteiger partial charge in [-0.05, 0) is 18.2 Å². The number of hydrogen-bond acceptors (Lipinski definition) is 5. The van der Waals surface area contributed by atoms with Crippen molar-refractivity contribution in [2.75, 3.05) is 6.54 Å². The van der Waals surface area contributed by atoms with Gasteiger partial charge >= 0.3 is 0 Å². The number of hydrogen-bond donors (Lipinski definition) is 2. The minimum absolute atomic E-state index is 0.226. The Morgan fingerprint density at radius 3 is 3.12 bits per heavy atom. The number of nitrogens with one attached hydrogen (secondary N) is 2. The number of rotatable bonds is 2. The predicted octanol–water partition coefficient (Wildman–Crippen LogP) is 2.72.